The number of hydrogen-bond acceptors (Lipinski definition) is 8. The molecule has 0 bridgehead atoms. The van der Waals surface area contributed by atoms with Crippen molar-refractivity contribution in [2.45, 2.75) is 12.3 Å². The molecular weight excluding hydrogens is 392 g/mol. The van der Waals surface area contributed by atoms with Gasteiger partial charge in [0.05, 0.1) is 26.9 Å². The Hall–Kier alpha value is -2.97. The number of benzene rings is 2. The van der Waals surface area contributed by atoms with Gasteiger partial charge in [0.15, 0.2) is 29.3 Å². The molecule has 0 aromatic heterocycles. The predicted octanol–water partition coefficient (Wildman–Crippen LogP) is 1.84. The second-order valence-corrected chi connectivity index (χ2v) is 7.28. The molecule has 8 heteroatoms. The van der Waals surface area contributed by atoms with Crippen LogP contribution in [-0.2, 0) is 6.42 Å². The summed E-state index contributed by atoms with van der Waals surface area (Å²) < 4.78 is 16.0. The molecule has 0 fully saturated rings. The summed E-state index contributed by atoms with van der Waals surface area (Å²) in [6, 6.07) is 4.83. The normalized spacial score (nSPS) is 20.4. The number of aromatic hydroxyl groups is 2. The maximum atomic E-state index is 11.4. The van der Waals surface area contributed by atoms with Gasteiger partial charge in [0.25, 0.3) is 0 Å². The largest absolute Gasteiger partial charge is 0.504 e. The fourth-order valence-corrected chi connectivity index (χ4v) is 4.43. The average Bonchev–Trinajstić information content (AvgIpc) is 2.77. The molecule has 0 amide bonds. The van der Waals surface area contributed by atoms with Crippen LogP contribution in [0.3, 0.4) is 0 Å². The molecule has 0 heterocycles. The number of ether oxygens (including phenoxy) is 3. The van der Waals surface area contributed by atoms with Crippen molar-refractivity contribution in [3.05, 3.63) is 40.5 Å². The Bertz CT molecular complexity index is 914. The minimum Gasteiger partial charge on any atom is -0.504 e. The van der Waals surface area contributed by atoms with E-state index in [9.17, 15) is 25.2 Å². The molecule has 2 aromatic rings. The summed E-state index contributed by atoms with van der Waals surface area (Å²) in [5, 5.41) is 41.1. The first-order chi connectivity index (χ1) is 14.4. The zero-order valence-corrected chi connectivity index (χ0v) is 17.1. The highest BCUT2D eigenvalue weighted by Crippen LogP contribution is 2.52. The van der Waals surface area contributed by atoms with Crippen molar-refractivity contribution in [1.82, 2.24) is 0 Å². The summed E-state index contributed by atoms with van der Waals surface area (Å²) in [6.07, 6.45) is 0.948. The third-order valence-electron chi connectivity index (χ3n) is 5.87. The van der Waals surface area contributed by atoms with E-state index in [2.05, 4.69) is 0 Å². The first-order valence-corrected chi connectivity index (χ1v) is 9.50. The summed E-state index contributed by atoms with van der Waals surface area (Å²) in [4.78, 5) is 11.4. The molecule has 3 unspecified atom stereocenters. The monoisotopic (exact) mass is 418 g/mol. The molecule has 30 heavy (non-hydrogen) atoms. The lowest BCUT2D eigenvalue weighted by Gasteiger charge is -2.39. The molecule has 0 radical (unpaired) electrons. The quantitative estimate of drug-likeness (QED) is 0.502. The average molecular weight is 418 g/mol. The van der Waals surface area contributed by atoms with Crippen LogP contribution < -0.4 is 14.2 Å². The number of aliphatic hydroxyl groups is 2. The fraction of sp³-hybridized carbons (Fsp3) is 0.409. The molecule has 0 aliphatic heterocycles. The molecule has 162 valence electrons. The molecule has 3 rings (SSSR count). The highest BCUT2D eigenvalue weighted by Gasteiger charge is 2.41. The first kappa shape index (κ1) is 21.7. The SMILES string of the molecule is COc1cc(C2c3c(cc(C=O)c(O)c3OC)CC(CO)C2CO)cc(OC)c1O. The number of fused-ring (bicyclic) bond motifs is 1. The third-order valence-corrected chi connectivity index (χ3v) is 5.87. The van der Waals surface area contributed by atoms with Crippen LogP contribution in [0.1, 0.15) is 33.0 Å². The summed E-state index contributed by atoms with van der Waals surface area (Å²) >= 11 is 0. The van der Waals surface area contributed by atoms with Crippen LogP contribution >= 0.6 is 0 Å². The van der Waals surface area contributed by atoms with E-state index in [4.69, 9.17) is 14.2 Å². The van der Waals surface area contributed by atoms with Gasteiger partial charge in [0, 0.05) is 24.7 Å². The maximum absolute atomic E-state index is 11.4. The molecule has 0 spiro atoms. The van der Waals surface area contributed by atoms with Gasteiger partial charge in [0.2, 0.25) is 5.75 Å². The Morgan fingerprint density at radius 3 is 2.07 bits per heavy atom. The van der Waals surface area contributed by atoms with E-state index in [0.717, 1.165) is 5.56 Å². The van der Waals surface area contributed by atoms with Crippen molar-refractivity contribution in [2.75, 3.05) is 34.5 Å². The highest BCUT2D eigenvalue weighted by atomic mass is 16.5. The minimum absolute atomic E-state index is 0.0874. The van der Waals surface area contributed by atoms with Gasteiger partial charge in [-0.1, -0.05) is 0 Å². The van der Waals surface area contributed by atoms with Gasteiger partial charge in [-0.05, 0) is 47.6 Å². The van der Waals surface area contributed by atoms with Crippen LogP contribution in [0.4, 0.5) is 0 Å². The van der Waals surface area contributed by atoms with Gasteiger partial charge in [-0.25, -0.2) is 0 Å². The van der Waals surface area contributed by atoms with Gasteiger partial charge < -0.3 is 34.6 Å². The van der Waals surface area contributed by atoms with Crippen LogP contribution in [0.2, 0.25) is 0 Å². The van der Waals surface area contributed by atoms with Gasteiger partial charge in [0.1, 0.15) is 0 Å². The van der Waals surface area contributed by atoms with Gasteiger partial charge in [-0.15, -0.1) is 0 Å². The van der Waals surface area contributed by atoms with E-state index in [1.54, 1.807) is 18.2 Å². The van der Waals surface area contributed by atoms with Crippen molar-refractivity contribution in [3.8, 4) is 28.7 Å². The first-order valence-electron chi connectivity index (χ1n) is 9.50. The van der Waals surface area contributed by atoms with Crippen LogP contribution in [0, 0.1) is 11.8 Å². The van der Waals surface area contributed by atoms with Crippen LogP contribution in [0.15, 0.2) is 18.2 Å². The molecule has 4 N–H and O–H groups in total. The van der Waals surface area contributed by atoms with Gasteiger partial charge in [-0.2, -0.15) is 0 Å². The number of hydrogen-bond donors (Lipinski definition) is 4. The topological polar surface area (TPSA) is 126 Å². The summed E-state index contributed by atoms with van der Waals surface area (Å²) in [5.41, 5.74) is 2.06. The number of phenols is 2. The van der Waals surface area contributed by atoms with E-state index >= 15 is 0 Å². The number of rotatable bonds is 7. The molecule has 1 aliphatic rings. The predicted molar refractivity (Wildman–Crippen MR) is 108 cm³/mol. The van der Waals surface area contributed by atoms with E-state index in [1.165, 1.54) is 21.3 Å². The molecule has 1 aliphatic carbocycles. The number of phenolic OH excluding ortho intramolecular Hbond substituents is 2. The second-order valence-electron chi connectivity index (χ2n) is 7.28. The number of carbonyl (C=O) groups is 1. The van der Waals surface area contributed by atoms with Crippen LogP contribution in [-0.4, -0.2) is 61.3 Å². The Balaban J connectivity index is 2.35. The number of methoxy groups -OCH3 is 3. The Kier molecular flexibility index (Phi) is 6.38. The lowest BCUT2D eigenvalue weighted by atomic mass is 9.66. The van der Waals surface area contributed by atoms with Gasteiger partial charge >= 0.3 is 0 Å². The van der Waals surface area contributed by atoms with Crippen molar-refractivity contribution < 1.29 is 39.4 Å². The highest BCUT2D eigenvalue weighted by molar-refractivity contribution is 5.83. The maximum Gasteiger partial charge on any atom is 0.200 e. The molecule has 0 saturated carbocycles. The zero-order chi connectivity index (χ0) is 22.0. The Labute approximate surface area is 174 Å². The van der Waals surface area contributed by atoms with Gasteiger partial charge in [-0.3, -0.25) is 4.79 Å². The van der Waals surface area contributed by atoms with Crippen molar-refractivity contribution in [3.63, 3.8) is 0 Å². The molecule has 0 saturated heterocycles. The summed E-state index contributed by atoms with van der Waals surface area (Å²) in [6.45, 7) is -0.409. The zero-order valence-electron chi connectivity index (χ0n) is 17.1. The fourth-order valence-electron chi connectivity index (χ4n) is 4.43. The molecule has 3 atom stereocenters. The number of carbonyl (C=O) groups excluding carboxylic acids is 1. The van der Waals surface area contributed by atoms with Crippen molar-refractivity contribution in [2.24, 2.45) is 11.8 Å². The molecular formula is C22H26O8. The minimum atomic E-state index is -0.527. The van der Waals surface area contributed by atoms with Crippen LogP contribution in [0.25, 0.3) is 0 Å². The van der Waals surface area contributed by atoms with E-state index in [-0.39, 0.29) is 53.4 Å². The summed E-state index contributed by atoms with van der Waals surface area (Å²) in [5.74, 6) is -1.19. The van der Waals surface area contributed by atoms with Crippen molar-refractivity contribution >= 4 is 6.29 Å². The standard InChI is InChI=1S/C22H26O8/c1-28-16-6-12(7-17(29-2)21(16)27)18-15(10-25)13(8-23)4-11-5-14(9-24)20(26)22(30-3)19(11)18/h5-7,9,13,15,18,23,25-27H,4,8,10H2,1-3H3. The third kappa shape index (κ3) is 3.42. The Morgan fingerprint density at radius 1 is 0.967 bits per heavy atom. The lowest BCUT2D eigenvalue weighted by Crippen LogP contribution is -2.35. The van der Waals surface area contributed by atoms with E-state index < -0.39 is 11.8 Å². The smallest absolute Gasteiger partial charge is 0.200 e. The Morgan fingerprint density at radius 2 is 1.60 bits per heavy atom. The number of aliphatic hydroxyl groups excluding tert-OH is 2. The number of aldehydes is 1. The summed E-state index contributed by atoms with van der Waals surface area (Å²) in [7, 11) is 4.22. The molecule has 8 nitrogen and oxygen atoms in total. The van der Waals surface area contributed by atoms with E-state index in [0.29, 0.717) is 23.8 Å². The van der Waals surface area contributed by atoms with Crippen molar-refractivity contribution in [1.29, 1.82) is 0 Å². The van der Waals surface area contributed by atoms with E-state index in [1.807, 2.05) is 0 Å². The molecule has 2 aromatic carbocycles. The second kappa shape index (κ2) is 8.81. The van der Waals surface area contributed by atoms with Crippen LogP contribution in [0.5, 0.6) is 28.7 Å². The lowest BCUT2D eigenvalue weighted by molar-refractivity contribution is 0.0999.